The molecule has 0 aliphatic carbocycles. The minimum Gasteiger partial charge on any atom is -0.358 e. The maximum atomic E-state index is 11.2. The van der Waals surface area contributed by atoms with Crippen LogP contribution >= 0.6 is 0 Å². The molecule has 4 nitrogen and oxygen atoms in total. The quantitative estimate of drug-likeness (QED) is 0.650. The number of nitrogens with zero attached hydrogens (tertiary/aromatic N) is 1. The number of likely N-dealkylation sites (N-methyl/N-ethyl adjacent to an activating group) is 1. The lowest BCUT2D eigenvalue weighted by Crippen LogP contribution is -2.36. The average Bonchev–Trinajstić information content (AvgIpc) is 2.17. The summed E-state index contributed by atoms with van der Waals surface area (Å²) in [5, 5.41) is 2.61. The molecule has 0 aromatic heterocycles. The summed E-state index contributed by atoms with van der Waals surface area (Å²) in [5.74, 6) is 0.248. The van der Waals surface area contributed by atoms with Gasteiger partial charge in [-0.2, -0.15) is 0 Å². The van der Waals surface area contributed by atoms with Crippen molar-refractivity contribution in [2.24, 2.45) is 0 Å². The predicted octanol–water partition coefficient (Wildman–Crippen LogP) is 0.814. The van der Waals surface area contributed by atoms with Crippen molar-refractivity contribution in [1.82, 2.24) is 10.2 Å². The Morgan fingerprint density at radius 2 is 1.93 bits per heavy atom. The van der Waals surface area contributed by atoms with E-state index in [0.717, 1.165) is 25.9 Å². The van der Waals surface area contributed by atoms with E-state index in [1.165, 1.54) is 0 Å². The number of ketones is 1. The molecule has 0 aliphatic rings. The number of Topliss-reactive ketones (excluding diaryl/α,β-unsaturated/α-hetero) is 1. The van der Waals surface area contributed by atoms with Crippen LogP contribution in [0.4, 0.5) is 0 Å². The molecule has 0 fully saturated rings. The highest BCUT2D eigenvalue weighted by molar-refractivity contribution is 5.77. The summed E-state index contributed by atoms with van der Waals surface area (Å²) in [5.41, 5.74) is 0. The Kier molecular flexibility index (Phi) is 7.91. The lowest BCUT2D eigenvalue weighted by atomic mass is 10.2. The molecule has 0 aromatic rings. The molecule has 0 saturated heterocycles. The topological polar surface area (TPSA) is 49.4 Å². The van der Waals surface area contributed by atoms with Crippen molar-refractivity contribution in [3.63, 3.8) is 0 Å². The van der Waals surface area contributed by atoms with Gasteiger partial charge in [0.15, 0.2) is 0 Å². The highest BCUT2D eigenvalue weighted by atomic mass is 16.2. The second kappa shape index (κ2) is 8.41. The molecule has 0 rings (SSSR count). The van der Waals surface area contributed by atoms with Gasteiger partial charge >= 0.3 is 0 Å². The monoisotopic (exact) mass is 214 g/mol. The minimum atomic E-state index is 0.0336. The molecular weight excluding hydrogens is 192 g/mol. The first-order chi connectivity index (χ1) is 7.10. The largest absolute Gasteiger partial charge is 0.358 e. The molecule has 0 radical (unpaired) electrons. The van der Waals surface area contributed by atoms with Crippen LogP contribution in [0.2, 0.25) is 0 Å². The van der Waals surface area contributed by atoms with Crippen molar-refractivity contribution in [3.8, 4) is 0 Å². The third-order valence-corrected chi connectivity index (χ3v) is 2.19. The Morgan fingerprint density at radius 1 is 1.27 bits per heavy atom. The Bertz CT molecular complexity index is 205. The fraction of sp³-hybridized carbons (Fsp3) is 0.818. The van der Waals surface area contributed by atoms with E-state index in [-0.39, 0.29) is 11.7 Å². The van der Waals surface area contributed by atoms with Crippen molar-refractivity contribution in [3.05, 3.63) is 0 Å². The third-order valence-electron chi connectivity index (χ3n) is 2.19. The third kappa shape index (κ3) is 8.12. The highest BCUT2D eigenvalue weighted by Crippen LogP contribution is 1.97. The number of hydrogen-bond donors (Lipinski definition) is 1. The Balaban J connectivity index is 3.82. The van der Waals surface area contributed by atoms with E-state index in [1.54, 1.807) is 14.0 Å². The van der Waals surface area contributed by atoms with Crippen molar-refractivity contribution >= 4 is 11.7 Å². The number of hydrogen-bond acceptors (Lipinski definition) is 3. The average molecular weight is 214 g/mol. The SMILES string of the molecule is CCCN(CCCC(C)=O)CC(=O)NC. The van der Waals surface area contributed by atoms with E-state index in [1.807, 2.05) is 0 Å². The summed E-state index contributed by atoms with van der Waals surface area (Å²) in [7, 11) is 1.64. The lowest BCUT2D eigenvalue weighted by molar-refractivity contribution is -0.121. The molecule has 0 bridgehead atoms. The number of carbonyl (C=O) groups excluding carboxylic acids is 2. The molecule has 1 N–H and O–H groups in total. The fourth-order valence-corrected chi connectivity index (χ4v) is 1.42. The molecule has 15 heavy (non-hydrogen) atoms. The van der Waals surface area contributed by atoms with Gasteiger partial charge in [-0.1, -0.05) is 6.92 Å². The second-order valence-corrected chi connectivity index (χ2v) is 3.75. The second-order valence-electron chi connectivity index (χ2n) is 3.75. The molecule has 0 heterocycles. The molecule has 0 spiro atoms. The van der Waals surface area contributed by atoms with Gasteiger partial charge in [0, 0.05) is 13.5 Å². The van der Waals surface area contributed by atoms with Crippen LogP contribution in [0.15, 0.2) is 0 Å². The maximum Gasteiger partial charge on any atom is 0.233 e. The molecule has 0 unspecified atom stereocenters. The molecule has 1 amide bonds. The molecule has 0 aliphatic heterocycles. The summed E-state index contributed by atoms with van der Waals surface area (Å²) in [6.07, 6.45) is 2.47. The Hall–Kier alpha value is -0.900. The first kappa shape index (κ1) is 14.1. The van der Waals surface area contributed by atoms with Crippen LogP contribution in [0.3, 0.4) is 0 Å². The predicted molar refractivity (Wildman–Crippen MR) is 60.7 cm³/mol. The van der Waals surface area contributed by atoms with Crippen molar-refractivity contribution in [2.75, 3.05) is 26.7 Å². The zero-order valence-electron chi connectivity index (χ0n) is 10.0. The van der Waals surface area contributed by atoms with Gasteiger partial charge in [-0.15, -0.1) is 0 Å². The van der Waals surface area contributed by atoms with Crippen LogP contribution in [-0.2, 0) is 9.59 Å². The normalized spacial score (nSPS) is 10.4. The lowest BCUT2D eigenvalue weighted by Gasteiger charge is -2.20. The Morgan fingerprint density at radius 3 is 2.40 bits per heavy atom. The molecular formula is C11H22N2O2. The fourth-order valence-electron chi connectivity index (χ4n) is 1.42. The van der Waals surface area contributed by atoms with E-state index in [0.29, 0.717) is 13.0 Å². The van der Waals surface area contributed by atoms with Gasteiger partial charge in [0.1, 0.15) is 5.78 Å². The van der Waals surface area contributed by atoms with Crippen molar-refractivity contribution in [2.45, 2.75) is 33.1 Å². The van der Waals surface area contributed by atoms with Gasteiger partial charge < -0.3 is 10.1 Å². The van der Waals surface area contributed by atoms with Gasteiger partial charge in [-0.25, -0.2) is 0 Å². The molecule has 0 saturated carbocycles. The summed E-state index contributed by atoms with van der Waals surface area (Å²) in [6, 6.07) is 0. The number of amides is 1. The first-order valence-corrected chi connectivity index (χ1v) is 5.52. The number of rotatable bonds is 8. The molecule has 4 heteroatoms. The van der Waals surface area contributed by atoms with Gasteiger partial charge in [0.25, 0.3) is 0 Å². The number of nitrogens with one attached hydrogen (secondary N) is 1. The molecule has 0 atom stereocenters. The van der Waals surface area contributed by atoms with Crippen LogP contribution in [0.1, 0.15) is 33.1 Å². The first-order valence-electron chi connectivity index (χ1n) is 5.52. The van der Waals surface area contributed by atoms with Crippen LogP contribution in [-0.4, -0.2) is 43.3 Å². The highest BCUT2D eigenvalue weighted by Gasteiger charge is 2.08. The van der Waals surface area contributed by atoms with Crippen LogP contribution < -0.4 is 5.32 Å². The van der Waals surface area contributed by atoms with Crippen molar-refractivity contribution in [1.29, 1.82) is 0 Å². The summed E-state index contributed by atoms with van der Waals surface area (Å²) >= 11 is 0. The summed E-state index contributed by atoms with van der Waals surface area (Å²) < 4.78 is 0. The number of carbonyl (C=O) groups is 2. The standard InChI is InChI=1S/C11H22N2O2/c1-4-7-13(9-11(15)12-3)8-5-6-10(2)14/h4-9H2,1-3H3,(H,12,15). The van der Waals surface area contributed by atoms with Crippen LogP contribution in [0.25, 0.3) is 0 Å². The van der Waals surface area contributed by atoms with Crippen molar-refractivity contribution < 1.29 is 9.59 Å². The molecule has 88 valence electrons. The summed E-state index contributed by atoms with van der Waals surface area (Å²) in [6.45, 7) is 5.85. The Labute approximate surface area is 92.0 Å². The minimum absolute atomic E-state index is 0.0336. The van der Waals surface area contributed by atoms with Crippen LogP contribution in [0.5, 0.6) is 0 Å². The summed E-state index contributed by atoms with van der Waals surface area (Å²) in [4.78, 5) is 24.0. The van der Waals surface area contributed by atoms with Gasteiger partial charge in [0.2, 0.25) is 5.91 Å². The van der Waals surface area contributed by atoms with Gasteiger partial charge in [0.05, 0.1) is 6.54 Å². The van der Waals surface area contributed by atoms with E-state index in [4.69, 9.17) is 0 Å². The zero-order chi connectivity index (χ0) is 11.7. The van der Waals surface area contributed by atoms with E-state index in [9.17, 15) is 9.59 Å². The maximum absolute atomic E-state index is 11.2. The van der Waals surface area contributed by atoms with Gasteiger partial charge in [-0.3, -0.25) is 9.69 Å². The van der Waals surface area contributed by atoms with E-state index < -0.39 is 0 Å². The van der Waals surface area contributed by atoms with E-state index >= 15 is 0 Å². The molecule has 0 aromatic carbocycles. The zero-order valence-corrected chi connectivity index (χ0v) is 10.0. The van der Waals surface area contributed by atoms with Gasteiger partial charge in [-0.05, 0) is 32.9 Å². The van der Waals surface area contributed by atoms with E-state index in [2.05, 4.69) is 17.1 Å². The smallest absolute Gasteiger partial charge is 0.233 e. The van der Waals surface area contributed by atoms with Crippen LogP contribution in [0, 0.1) is 0 Å².